The summed E-state index contributed by atoms with van der Waals surface area (Å²) in [5.41, 5.74) is 1.44. The topological polar surface area (TPSA) is 55.4 Å². The van der Waals surface area contributed by atoms with Gasteiger partial charge in [0, 0.05) is 10.8 Å². The van der Waals surface area contributed by atoms with Crippen LogP contribution in [-0.4, -0.2) is 18.5 Å². The molecule has 0 spiro atoms. The van der Waals surface area contributed by atoms with Gasteiger partial charge in [-0.15, -0.1) is 11.3 Å². The van der Waals surface area contributed by atoms with Gasteiger partial charge in [0.15, 0.2) is 0 Å². The zero-order chi connectivity index (χ0) is 18.9. The Labute approximate surface area is 159 Å². The minimum Gasteiger partial charge on any atom is -0.462 e. The van der Waals surface area contributed by atoms with E-state index in [1.807, 2.05) is 37.3 Å². The molecule has 0 saturated heterocycles. The minimum atomic E-state index is -0.400. The Morgan fingerprint density at radius 3 is 2.50 bits per heavy atom. The van der Waals surface area contributed by atoms with Crippen LogP contribution < -0.4 is 5.32 Å². The molecular formula is C21H27NO3S. The van der Waals surface area contributed by atoms with Crippen LogP contribution in [-0.2, 0) is 9.53 Å². The zero-order valence-corrected chi connectivity index (χ0v) is 16.5. The van der Waals surface area contributed by atoms with Crippen LogP contribution in [0.2, 0.25) is 0 Å². The standard InChI is InChI=1S/C21H27NO3S/c1-4-7-11-15(5-2)19(23)22-20-17(21(24)25-6-3)14-18(26-20)16-12-9-8-10-13-16/h8-10,12-15H,4-7,11H2,1-3H3,(H,22,23)/t15-/m0/s1. The van der Waals surface area contributed by atoms with Crippen LogP contribution in [0.15, 0.2) is 36.4 Å². The molecule has 1 aromatic carbocycles. The van der Waals surface area contributed by atoms with E-state index in [-0.39, 0.29) is 11.8 Å². The molecule has 0 saturated carbocycles. The number of esters is 1. The second-order valence-corrected chi connectivity index (χ2v) is 7.23. The summed E-state index contributed by atoms with van der Waals surface area (Å²) in [6.07, 6.45) is 3.74. The van der Waals surface area contributed by atoms with Crippen molar-refractivity contribution >= 4 is 28.2 Å². The van der Waals surface area contributed by atoms with Gasteiger partial charge in [-0.05, 0) is 31.4 Å². The van der Waals surface area contributed by atoms with Crippen LogP contribution in [0.4, 0.5) is 5.00 Å². The maximum absolute atomic E-state index is 12.7. The third kappa shape index (κ3) is 5.18. The summed E-state index contributed by atoms with van der Waals surface area (Å²) < 4.78 is 5.17. The Hall–Kier alpha value is -2.14. The molecule has 1 atom stereocenters. The van der Waals surface area contributed by atoms with Crippen molar-refractivity contribution in [2.45, 2.75) is 46.5 Å². The Kier molecular flexibility index (Phi) is 7.85. The third-order valence-electron chi connectivity index (χ3n) is 4.29. The fourth-order valence-electron chi connectivity index (χ4n) is 2.77. The first kappa shape index (κ1) is 20.2. The summed E-state index contributed by atoms with van der Waals surface area (Å²) in [5, 5.41) is 3.55. The molecule has 0 unspecified atom stereocenters. The molecule has 0 aliphatic carbocycles. The van der Waals surface area contributed by atoms with Crippen molar-refractivity contribution < 1.29 is 14.3 Å². The van der Waals surface area contributed by atoms with Gasteiger partial charge in [-0.1, -0.05) is 57.0 Å². The summed E-state index contributed by atoms with van der Waals surface area (Å²) in [7, 11) is 0. The van der Waals surface area contributed by atoms with Gasteiger partial charge in [-0.3, -0.25) is 4.79 Å². The number of hydrogen-bond acceptors (Lipinski definition) is 4. The second kappa shape index (κ2) is 10.1. The van der Waals surface area contributed by atoms with E-state index in [2.05, 4.69) is 12.2 Å². The van der Waals surface area contributed by atoms with E-state index in [1.54, 1.807) is 13.0 Å². The molecule has 2 aromatic rings. The molecule has 0 aliphatic rings. The lowest BCUT2D eigenvalue weighted by Gasteiger charge is -2.14. The lowest BCUT2D eigenvalue weighted by atomic mass is 9.98. The van der Waals surface area contributed by atoms with E-state index in [0.717, 1.165) is 36.1 Å². The van der Waals surface area contributed by atoms with Gasteiger partial charge in [0.1, 0.15) is 5.00 Å². The number of benzene rings is 1. The number of ether oxygens (including phenoxy) is 1. The average molecular weight is 374 g/mol. The summed E-state index contributed by atoms with van der Waals surface area (Å²) in [5.74, 6) is -0.455. The van der Waals surface area contributed by atoms with E-state index >= 15 is 0 Å². The fourth-order valence-corrected chi connectivity index (χ4v) is 3.83. The monoisotopic (exact) mass is 373 g/mol. The van der Waals surface area contributed by atoms with Crippen molar-refractivity contribution in [1.29, 1.82) is 0 Å². The van der Waals surface area contributed by atoms with E-state index in [9.17, 15) is 9.59 Å². The van der Waals surface area contributed by atoms with Crippen LogP contribution in [0.5, 0.6) is 0 Å². The van der Waals surface area contributed by atoms with Gasteiger partial charge in [-0.25, -0.2) is 4.79 Å². The number of nitrogens with one attached hydrogen (secondary N) is 1. The number of hydrogen-bond donors (Lipinski definition) is 1. The van der Waals surface area contributed by atoms with Crippen LogP contribution in [0.1, 0.15) is 56.8 Å². The molecule has 1 aromatic heterocycles. The summed E-state index contributed by atoms with van der Waals surface area (Å²) in [6, 6.07) is 11.6. The van der Waals surface area contributed by atoms with Crippen molar-refractivity contribution in [3.05, 3.63) is 42.0 Å². The molecule has 0 bridgehead atoms. The van der Waals surface area contributed by atoms with Crippen molar-refractivity contribution in [3.8, 4) is 10.4 Å². The van der Waals surface area contributed by atoms with Gasteiger partial charge in [0.05, 0.1) is 12.2 Å². The second-order valence-electron chi connectivity index (χ2n) is 6.18. The lowest BCUT2D eigenvalue weighted by molar-refractivity contribution is -0.120. The summed E-state index contributed by atoms with van der Waals surface area (Å²) >= 11 is 1.41. The first-order valence-electron chi connectivity index (χ1n) is 9.27. The first-order valence-corrected chi connectivity index (χ1v) is 10.1. The van der Waals surface area contributed by atoms with Crippen LogP contribution in [0, 0.1) is 5.92 Å². The summed E-state index contributed by atoms with van der Waals surface area (Å²) in [4.78, 5) is 25.9. The average Bonchev–Trinajstić information content (AvgIpc) is 3.07. The molecule has 1 heterocycles. The Balaban J connectivity index is 2.28. The molecule has 1 amide bonds. The van der Waals surface area contributed by atoms with Crippen LogP contribution in [0.25, 0.3) is 10.4 Å². The highest BCUT2D eigenvalue weighted by Crippen LogP contribution is 2.36. The molecule has 0 fully saturated rings. The maximum atomic E-state index is 12.7. The largest absolute Gasteiger partial charge is 0.462 e. The Bertz CT molecular complexity index is 724. The normalized spacial score (nSPS) is 11.8. The van der Waals surface area contributed by atoms with Crippen LogP contribution in [0.3, 0.4) is 0 Å². The molecule has 1 N–H and O–H groups in total. The SMILES string of the molecule is CCCC[C@H](CC)C(=O)Nc1sc(-c2ccccc2)cc1C(=O)OCC. The van der Waals surface area contributed by atoms with Crippen molar-refractivity contribution in [2.75, 3.05) is 11.9 Å². The molecule has 0 radical (unpaired) electrons. The number of carbonyl (C=O) groups is 2. The zero-order valence-electron chi connectivity index (χ0n) is 15.7. The summed E-state index contributed by atoms with van der Waals surface area (Å²) in [6.45, 7) is 6.22. The molecular weight excluding hydrogens is 346 g/mol. The predicted octanol–water partition coefficient (Wildman–Crippen LogP) is 5.75. The van der Waals surface area contributed by atoms with E-state index < -0.39 is 5.97 Å². The van der Waals surface area contributed by atoms with Gasteiger partial charge in [0.2, 0.25) is 5.91 Å². The molecule has 140 valence electrons. The molecule has 4 nitrogen and oxygen atoms in total. The van der Waals surface area contributed by atoms with Gasteiger partial charge in [-0.2, -0.15) is 0 Å². The quantitative estimate of drug-likeness (QED) is 0.570. The van der Waals surface area contributed by atoms with Crippen molar-refractivity contribution in [2.24, 2.45) is 5.92 Å². The molecule has 5 heteroatoms. The number of rotatable bonds is 9. The predicted molar refractivity (Wildman–Crippen MR) is 108 cm³/mol. The van der Waals surface area contributed by atoms with Crippen LogP contribution >= 0.6 is 11.3 Å². The maximum Gasteiger partial charge on any atom is 0.341 e. The molecule has 26 heavy (non-hydrogen) atoms. The Morgan fingerprint density at radius 1 is 1.15 bits per heavy atom. The number of amides is 1. The van der Waals surface area contributed by atoms with Gasteiger partial charge >= 0.3 is 5.97 Å². The smallest absolute Gasteiger partial charge is 0.341 e. The number of unbranched alkanes of at least 4 members (excludes halogenated alkanes) is 1. The van der Waals surface area contributed by atoms with Crippen molar-refractivity contribution in [1.82, 2.24) is 0 Å². The number of carbonyl (C=O) groups excluding carboxylic acids is 2. The molecule has 2 rings (SSSR count). The van der Waals surface area contributed by atoms with E-state index in [0.29, 0.717) is 17.2 Å². The highest BCUT2D eigenvalue weighted by molar-refractivity contribution is 7.20. The highest BCUT2D eigenvalue weighted by atomic mass is 32.1. The highest BCUT2D eigenvalue weighted by Gasteiger charge is 2.22. The number of thiophene rings is 1. The Morgan fingerprint density at radius 2 is 1.88 bits per heavy atom. The molecule has 0 aliphatic heterocycles. The van der Waals surface area contributed by atoms with Gasteiger partial charge < -0.3 is 10.1 Å². The lowest BCUT2D eigenvalue weighted by Crippen LogP contribution is -2.23. The first-order chi connectivity index (χ1) is 12.6. The minimum absolute atomic E-state index is 0.0204. The van der Waals surface area contributed by atoms with E-state index in [4.69, 9.17) is 4.74 Å². The van der Waals surface area contributed by atoms with E-state index in [1.165, 1.54) is 11.3 Å². The number of anilines is 1. The fraction of sp³-hybridized carbons (Fsp3) is 0.429. The van der Waals surface area contributed by atoms with Gasteiger partial charge in [0.25, 0.3) is 0 Å². The van der Waals surface area contributed by atoms with Crippen molar-refractivity contribution in [3.63, 3.8) is 0 Å². The third-order valence-corrected chi connectivity index (χ3v) is 5.39.